The quantitative estimate of drug-likeness (QED) is 0.727. The van der Waals surface area contributed by atoms with E-state index in [0.29, 0.717) is 19.6 Å². The molecule has 1 aromatic rings. The Labute approximate surface area is 124 Å². The number of sulfonamides is 1. The van der Waals surface area contributed by atoms with Crippen molar-refractivity contribution in [2.45, 2.75) is 30.2 Å². The molecule has 0 atom stereocenters. The number of nitrogens with zero attached hydrogens (tertiary/aromatic N) is 2. The summed E-state index contributed by atoms with van der Waals surface area (Å²) in [5.74, 6) is -1.11. The summed E-state index contributed by atoms with van der Waals surface area (Å²) < 4.78 is 32.6. The van der Waals surface area contributed by atoms with Crippen molar-refractivity contribution >= 4 is 16.0 Å². The number of carbonyl (C=O) groups is 1. The number of carboxylic acid groups (broad SMARTS) is 1. The number of ether oxygens (including phenoxy) is 1. The van der Waals surface area contributed by atoms with Crippen LogP contribution in [0.25, 0.3) is 0 Å². The summed E-state index contributed by atoms with van der Waals surface area (Å²) in [6, 6.07) is 1.35. The van der Waals surface area contributed by atoms with Crippen LogP contribution >= 0.6 is 0 Å². The normalized spacial score (nSPS) is 15.6. The van der Waals surface area contributed by atoms with E-state index in [2.05, 4.69) is 0 Å². The maximum atomic E-state index is 12.4. The van der Waals surface area contributed by atoms with Gasteiger partial charge in [0.2, 0.25) is 10.0 Å². The Morgan fingerprint density at radius 3 is 2.71 bits per heavy atom. The van der Waals surface area contributed by atoms with E-state index in [9.17, 15) is 18.3 Å². The number of hydrogen-bond acceptors (Lipinski definition) is 4. The molecular weight excluding hydrogens is 296 g/mol. The maximum absolute atomic E-state index is 12.4. The fourth-order valence-corrected chi connectivity index (χ4v) is 3.39. The summed E-state index contributed by atoms with van der Waals surface area (Å²) in [7, 11) is -0.622. The minimum Gasteiger partial charge on any atom is -0.477 e. The highest BCUT2D eigenvalue weighted by molar-refractivity contribution is 7.89. The first-order valence-corrected chi connectivity index (χ1v) is 8.22. The molecule has 0 unspecified atom stereocenters. The third-order valence-corrected chi connectivity index (χ3v) is 5.33. The molecule has 1 heterocycles. The third-order valence-electron chi connectivity index (χ3n) is 3.51. The molecule has 118 valence electrons. The number of rotatable bonds is 8. The van der Waals surface area contributed by atoms with E-state index in [4.69, 9.17) is 4.74 Å². The van der Waals surface area contributed by atoms with Crippen LogP contribution in [0.4, 0.5) is 0 Å². The zero-order chi connectivity index (χ0) is 15.6. The van der Waals surface area contributed by atoms with Gasteiger partial charge in [0.05, 0.1) is 0 Å². The summed E-state index contributed by atoms with van der Waals surface area (Å²) in [6.45, 7) is 0.802. The molecule has 1 saturated carbocycles. The van der Waals surface area contributed by atoms with Gasteiger partial charge in [-0.1, -0.05) is 0 Å². The number of methoxy groups -OCH3 is 1. The lowest BCUT2D eigenvalue weighted by Crippen LogP contribution is -2.28. The largest absolute Gasteiger partial charge is 0.477 e. The van der Waals surface area contributed by atoms with Crippen LogP contribution in [0, 0.1) is 0 Å². The first kappa shape index (κ1) is 16.0. The molecule has 0 aliphatic heterocycles. The molecule has 1 aliphatic carbocycles. The first-order chi connectivity index (χ1) is 9.87. The van der Waals surface area contributed by atoms with E-state index >= 15 is 0 Å². The standard InChI is InChI=1S/C13H20N2O5S/c1-14(6-3-7-20-2)21(18,19)11-8-12(13(16)17)15(9-11)10-4-5-10/h8-10H,3-7H2,1-2H3,(H,16,17). The van der Waals surface area contributed by atoms with E-state index < -0.39 is 16.0 Å². The first-order valence-electron chi connectivity index (χ1n) is 6.78. The van der Waals surface area contributed by atoms with Gasteiger partial charge in [-0.3, -0.25) is 0 Å². The van der Waals surface area contributed by atoms with Gasteiger partial charge in [-0.15, -0.1) is 0 Å². The van der Waals surface area contributed by atoms with Gasteiger partial charge in [-0.05, 0) is 25.3 Å². The number of aromatic carboxylic acids is 1. The minimum atomic E-state index is -3.67. The molecule has 21 heavy (non-hydrogen) atoms. The molecule has 0 saturated heterocycles. The molecular formula is C13H20N2O5S. The highest BCUT2D eigenvalue weighted by Gasteiger charge is 2.31. The molecule has 0 aromatic carbocycles. The van der Waals surface area contributed by atoms with Gasteiger partial charge in [0.25, 0.3) is 0 Å². The summed E-state index contributed by atoms with van der Waals surface area (Å²) in [5.41, 5.74) is 0.0290. The van der Waals surface area contributed by atoms with Crippen LogP contribution in [-0.4, -0.2) is 55.7 Å². The highest BCUT2D eigenvalue weighted by atomic mass is 32.2. The molecule has 0 radical (unpaired) electrons. The smallest absolute Gasteiger partial charge is 0.352 e. The van der Waals surface area contributed by atoms with E-state index in [0.717, 1.165) is 12.8 Å². The Morgan fingerprint density at radius 1 is 1.52 bits per heavy atom. The number of carboxylic acids is 1. The van der Waals surface area contributed by atoms with Crippen molar-refractivity contribution in [2.75, 3.05) is 27.3 Å². The molecule has 2 rings (SSSR count). The van der Waals surface area contributed by atoms with Crippen molar-refractivity contribution in [1.29, 1.82) is 0 Å². The average Bonchev–Trinajstić information content (AvgIpc) is 3.16. The maximum Gasteiger partial charge on any atom is 0.352 e. The Kier molecular flexibility index (Phi) is 4.70. The molecule has 1 aromatic heterocycles. The van der Waals surface area contributed by atoms with Crippen molar-refractivity contribution in [3.05, 3.63) is 18.0 Å². The lowest BCUT2D eigenvalue weighted by Gasteiger charge is -2.15. The van der Waals surface area contributed by atoms with Crippen molar-refractivity contribution in [3.63, 3.8) is 0 Å². The highest BCUT2D eigenvalue weighted by Crippen LogP contribution is 2.37. The molecule has 8 heteroatoms. The number of aromatic nitrogens is 1. The van der Waals surface area contributed by atoms with Gasteiger partial charge < -0.3 is 14.4 Å². The van der Waals surface area contributed by atoms with Crippen LogP contribution in [0.5, 0.6) is 0 Å². The summed E-state index contributed by atoms with van der Waals surface area (Å²) in [4.78, 5) is 11.3. The lowest BCUT2D eigenvalue weighted by molar-refractivity contribution is 0.0685. The predicted octanol–water partition coefficient (Wildman–Crippen LogP) is 1.18. The number of hydrogen-bond donors (Lipinski definition) is 1. The van der Waals surface area contributed by atoms with Crippen molar-refractivity contribution in [1.82, 2.24) is 8.87 Å². The Hall–Kier alpha value is -1.38. The Bertz CT molecular complexity index is 619. The fourth-order valence-electron chi connectivity index (χ4n) is 2.15. The molecule has 0 amide bonds. The van der Waals surface area contributed by atoms with Crippen LogP contribution in [0.1, 0.15) is 35.8 Å². The van der Waals surface area contributed by atoms with Crippen LogP contribution in [0.3, 0.4) is 0 Å². The van der Waals surface area contributed by atoms with Gasteiger partial charge in [0.15, 0.2) is 0 Å². The average molecular weight is 316 g/mol. The second-order valence-corrected chi connectivity index (χ2v) is 7.22. The second-order valence-electron chi connectivity index (χ2n) is 5.18. The van der Waals surface area contributed by atoms with E-state index in [1.165, 1.54) is 23.6 Å². The van der Waals surface area contributed by atoms with Crippen LogP contribution < -0.4 is 0 Å². The molecule has 1 fully saturated rings. The topological polar surface area (TPSA) is 88.8 Å². The van der Waals surface area contributed by atoms with Gasteiger partial charge in [-0.2, -0.15) is 0 Å². The SMILES string of the molecule is COCCCN(C)S(=O)(=O)c1cc(C(=O)O)n(C2CC2)c1. The van der Waals surface area contributed by atoms with E-state index in [-0.39, 0.29) is 16.6 Å². The van der Waals surface area contributed by atoms with Crippen LogP contribution in [-0.2, 0) is 14.8 Å². The van der Waals surface area contributed by atoms with Crippen molar-refractivity contribution < 1.29 is 23.1 Å². The molecule has 7 nitrogen and oxygen atoms in total. The van der Waals surface area contributed by atoms with E-state index in [1.807, 2.05) is 0 Å². The monoisotopic (exact) mass is 316 g/mol. The zero-order valence-electron chi connectivity index (χ0n) is 12.2. The third kappa shape index (κ3) is 3.45. The predicted molar refractivity (Wildman–Crippen MR) is 76.0 cm³/mol. The Balaban J connectivity index is 2.23. The summed E-state index contributed by atoms with van der Waals surface area (Å²) in [6.07, 6.45) is 3.79. The van der Waals surface area contributed by atoms with Gasteiger partial charge >= 0.3 is 5.97 Å². The molecule has 1 N–H and O–H groups in total. The van der Waals surface area contributed by atoms with E-state index in [1.54, 1.807) is 11.7 Å². The molecule has 1 aliphatic rings. The van der Waals surface area contributed by atoms with Crippen molar-refractivity contribution in [3.8, 4) is 0 Å². The zero-order valence-corrected chi connectivity index (χ0v) is 13.0. The van der Waals surface area contributed by atoms with Crippen LogP contribution in [0.2, 0.25) is 0 Å². The summed E-state index contributed by atoms with van der Waals surface area (Å²) >= 11 is 0. The van der Waals surface area contributed by atoms with Gasteiger partial charge in [0.1, 0.15) is 10.6 Å². The van der Waals surface area contributed by atoms with Crippen molar-refractivity contribution in [2.24, 2.45) is 0 Å². The van der Waals surface area contributed by atoms with Gasteiger partial charge in [-0.25, -0.2) is 17.5 Å². The minimum absolute atomic E-state index is 0.0290. The molecule has 0 spiro atoms. The fraction of sp³-hybridized carbons (Fsp3) is 0.615. The summed E-state index contributed by atoms with van der Waals surface area (Å²) in [5, 5.41) is 9.19. The Morgan fingerprint density at radius 2 is 2.19 bits per heavy atom. The molecule has 0 bridgehead atoms. The second kappa shape index (κ2) is 6.17. The van der Waals surface area contributed by atoms with Crippen LogP contribution in [0.15, 0.2) is 17.2 Å². The van der Waals surface area contributed by atoms with Gasteiger partial charge in [0, 0.05) is 39.5 Å². The lowest BCUT2D eigenvalue weighted by atomic mass is 10.4.